The van der Waals surface area contributed by atoms with Gasteiger partial charge in [-0.25, -0.2) is 9.59 Å². The minimum Gasteiger partial charge on any atom is -0.481 e. The first-order valence-electron chi connectivity index (χ1n) is 22.8. The fraction of sp³-hybridized carbons (Fsp3) is 0.721. The Hall–Kier alpha value is -6.24. The Bertz CT molecular complexity index is 1650. The number of rotatable bonds is 42. The van der Waals surface area contributed by atoms with Crippen LogP contribution in [-0.4, -0.2) is 159 Å². The van der Waals surface area contributed by atoms with Crippen LogP contribution in [0.25, 0.3) is 0 Å². The molecule has 0 aliphatic heterocycles. The Balaban J connectivity index is 4.73. The first-order valence-corrected chi connectivity index (χ1v) is 22.8. The fourth-order valence-electron chi connectivity index (χ4n) is 6.53. The summed E-state index contributed by atoms with van der Waals surface area (Å²) in [7, 11) is 0. The number of aliphatic carboxylic acids is 4. The third-order valence-corrected chi connectivity index (χ3v) is 10.3. The van der Waals surface area contributed by atoms with Crippen LogP contribution in [0, 0.1) is 0 Å². The standard InChI is InChI=1S/C43H70N7O18/c51-24-23-44-39(62)32(27-53)50-41(64)28(19-22-38(60)61)46-36(57)25-45-40(63)31(26-52)49-35(56)21-18-30(43(67)68)48-34(55)20-17-29(42(65)66)47-33(54)15-13-11-9-7-5-3-1-2-4-6-8-10-12-14-16-37(58)59/h28-32,52-53H,1-23,25-27H2,(H,44,62)(H,45,63)(H,46,57)(H,47,54)(H,48,55)(H,49,56)(H,50,64)(H,58,59)(H,60,61)(H,65,66)(H,67,68)/t28-,29-,30-,31-,32-/m0/s1. The molecule has 0 aliphatic carbocycles. The number of aliphatic hydroxyl groups excluding tert-OH is 2. The average Bonchev–Trinajstić information content (AvgIpc) is 3.28. The van der Waals surface area contributed by atoms with Gasteiger partial charge in [-0.3, -0.25) is 47.9 Å². The van der Waals surface area contributed by atoms with Crippen LogP contribution in [0.15, 0.2) is 0 Å². The molecule has 0 saturated heterocycles. The largest absolute Gasteiger partial charge is 0.481 e. The lowest BCUT2D eigenvalue weighted by Crippen LogP contribution is -2.56. The lowest BCUT2D eigenvalue weighted by Gasteiger charge is -2.22. The Morgan fingerprint density at radius 2 is 0.721 bits per heavy atom. The first kappa shape index (κ1) is 61.8. The van der Waals surface area contributed by atoms with Crippen LogP contribution in [0.3, 0.4) is 0 Å². The van der Waals surface area contributed by atoms with E-state index in [1.807, 2.05) is 5.32 Å². The monoisotopic (exact) mass is 972 g/mol. The second-order valence-corrected chi connectivity index (χ2v) is 16.0. The van der Waals surface area contributed by atoms with Gasteiger partial charge in [0.15, 0.2) is 0 Å². The third kappa shape index (κ3) is 31.6. The highest BCUT2D eigenvalue weighted by atomic mass is 16.4. The number of carboxylic acids is 4. The Labute approximate surface area is 394 Å². The van der Waals surface area contributed by atoms with Crippen LogP contribution in [0.1, 0.15) is 141 Å². The molecule has 0 aliphatic rings. The molecule has 385 valence electrons. The quantitative estimate of drug-likeness (QED) is 0.0315. The number of carbonyl (C=O) groups is 11. The van der Waals surface area contributed by atoms with Crippen molar-refractivity contribution in [3.8, 4) is 0 Å². The normalized spacial score (nSPS) is 13.0. The van der Waals surface area contributed by atoms with Gasteiger partial charge >= 0.3 is 23.9 Å². The van der Waals surface area contributed by atoms with Gasteiger partial charge in [0, 0.05) is 32.1 Å². The van der Waals surface area contributed by atoms with Crippen molar-refractivity contribution in [3.63, 3.8) is 0 Å². The van der Waals surface area contributed by atoms with E-state index in [1.165, 1.54) is 6.29 Å². The van der Waals surface area contributed by atoms with Crippen molar-refractivity contribution in [1.82, 2.24) is 37.2 Å². The zero-order valence-electron chi connectivity index (χ0n) is 38.4. The van der Waals surface area contributed by atoms with Gasteiger partial charge in [-0.1, -0.05) is 77.0 Å². The van der Waals surface area contributed by atoms with Crippen molar-refractivity contribution in [2.75, 3.05) is 26.3 Å². The van der Waals surface area contributed by atoms with Gasteiger partial charge in [-0.05, 0) is 32.1 Å². The van der Waals surface area contributed by atoms with Crippen LogP contribution in [0.4, 0.5) is 0 Å². The summed E-state index contributed by atoms with van der Waals surface area (Å²) >= 11 is 0. The van der Waals surface area contributed by atoms with Crippen molar-refractivity contribution < 1.29 is 88.2 Å². The zero-order chi connectivity index (χ0) is 51.3. The predicted octanol–water partition coefficient (Wildman–Crippen LogP) is -1.34. The molecule has 1 radical (unpaired) electrons. The molecule has 0 aromatic carbocycles. The molecule has 0 bridgehead atoms. The number of unbranched alkanes of at least 4 members (excludes halogenated alkanes) is 13. The molecular weight excluding hydrogens is 903 g/mol. The predicted molar refractivity (Wildman–Crippen MR) is 238 cm³/mol. The molecule has 0 heterocycles. The smallest absolute Gasteiger partial charge is 0.326 e. The maximum Gasteiger partial charge on any atom is 0.326 e. The van der Waals surface area contributed by atoms with E-state index in [0.29, 0.717) is 6.42 Å². The van der Waals surface area contributed by atoms with E-state index >= 15 is 0 Å². The van der Waals surface area contributed by atoms with E-state index in [4.69, 9.17) is 10.2 Å². The van der Waals surface area contributed by atoms with Crippen molar-refractivity contribution in [1.29, 1.82) is 0 Å². The molecule has 25 nitrogen and oxygen atoms in total. The van der Waals surface area contributed by atoms with E-state index < -0.39 is 154 Å². The Morgan fingerprint density at radius 1 is 0.368 bits per heavy atom. The molecule has 0 unspecified atom stereocenters. The number of hydrogen-bond donors (Lipinski definition) is 13. The molecule has 0 rings (SSSR count). The highest BCUT2D eigenvalue weighted by molar-refractivity contribution is 5.95. The summed E-state index contributed by atoms with van der Waals surface area (Å²) in [6.07, 6.45) is 12.5. The first-order chi connectivity index (χ1) is 32.3. The lowest BCUT2D eigenvalue weighted by molar-refractivity contribution is -0.143. The summed E-state index contributed by atoms with van der Waals surface area (Å²) in [4.78, 5) is 143. The van der Waals surface area contributed by atoms with E-state index in [2.05, 4.69) is 31.9 Å². The summed E-state index contributed by atoms with van der Waals surface area (Å²) in [5.74, 6) is -11.7. The topological polar surface area (TPSA) is 410 Å². The number of hydrogen-bond acceptors (Lipinski definition) is 14. The average molecular weight is 973 g/mol. The SMILES string of the molecule is O=[C]CNC(=O)[C@H](CO)NC(=O)[C@H](CCC(=O)O)NC(=O)CNC(=O)[C@H](CO)NC(=O)CC[C@H](NC(=O)CC[C@H](NC(=O)CCCCCCCCCCCCCCCCC(=O)O)C(=O)O)C(=O)O. The minimum atomic E-state index is -1.67. The summed E-state index contributed by atoms with van der Waals surface area (Å²) in [6.45, 7) is -3.36. The molecule has 5 atom stereocenters. The van der Waals surface area contributed by atoms with Gasteiger partial charge in [-0.15, -0.1) is 0 Å². The number of aliphatic hydroxyl groups is 2. The molecule has 0 aromatic heterocycles. The molecular formula is C43H70N7O18. The molecule has 68 heavy (non-hydrogen) atoms. The molecule has 7 amide bonds. The van der Waals surface area contributed by atoms with Crippen LogP contribution >= 0.6 is 0 Å². The highest BCUT2D eigenvalue weighted by Gasteiger charge is 2.29. The molecule has 13 N–H and O–H groups in total. The minimum absolute atomic E-state index is 0.0854. The van der Waals surface area contributed by atoms with Crippen LogP contribution in [0.2, 0.25) is 0 Å². The van der Waals surface area contributed by atoms with Gasteiger partial charge in [0.05, 0.1) is 26.3 Å². The number of nitrogens with one attached hydrogen (secondary N) is 7. The van der Waals surface area contributed by atoms with E-state index in [9.17, 15) is 78.0 Å². The summed E-state index contributed by atoms with van der Waals surface area (Å²) in [6, 6.07) is -7.92. The zero-order valence-corrected chi connectivity index (χ0v) is 38.4. The lowest BCUT2D eigenvalue weighted by atomic mass is 10.0. The second-order valence-electron chi connectivity index (χ2n) is 16.0. The fourth-order valence-corrected chi connectivity index (χ4v) is 6.53. The van der Waals surface area contributed by atoms with E-state index in [-0.39, 0.29) is 19.3 Å². The van der Waals surface area contributed by atoms with Gasteiger partial charge in [0.1, 0.15) is 30.2 Å². The number of carboxylic acid groups (broad SMARTS) is 4. The van der Waals surface area contributed by atoms with Gasteiger partial charge in [0.25, 0.3) is 0 Å². The second kappa shape index (κ2) is 37.8. The van der Waals surface area contributed by atoms with Crippen LogP contribution in [0.5, 0.6) is 0 Å². The van der Waals surface area contributed by atoms with Crippen molar-refractivity contribution in [2.45, 2.75) is 171 Å². The highest BCUT2D eigenvalue weighted by Crippen LogP contribution is 2.14. The number of amides is 7. The Morgan fingerprint density at radius 3 is 1.13 bits per heavy atom. The maximum absolute atomic E-state index is 12.7. The molecule has 25 heteroatoms. The van der Waals surface area contributed by atoms with Crippen molar-refractivity contribution in [2.24, 2.45) is 0 Å². The molecule has 0 fully saturated rings. The molecule has 0 saturated carbocycles. The summed E-state index contributed by atoms with van der Waals surface area (Å²) < 4.78 is 0. The van der Waals surface area contributed by atoms with Crippen LogP contribution in [-0.2, 0) is 57.5 Å². The summed E-state index contributed by atoms with van der Waals surface area (Å²) in [5.41, 5.74) is 0. The maximum atomic E-state index is 12.7. The summed E-state index contributed by atoms with van der Waals surface area (Å²) in [5, 5.41) is 71.1. The number of carbonyl (C=O) groups excluding carboxylic acids is 8. The molecule has 0 spiro atoms. The van der Waals surface area contributed by atoms with E-state index in [0.717, 1.165) is 83.5 Å². The van der Waals surface area contributed by atoms with Crippen molar-refractivity contribution >= 4 is 71.5 Å². The van der Waals surface area contributed by atoms with Gasteiger partial charge in [-0.2, -0.15) is 0 Å². The van der Waals surface area contributed by atoms with Crippen molar-refractivity contribution in [3.05, 3.63) is 0 Å². The van der Waals surface area contributed by atoms with Gasteiger partial charge in [0.2, 0.25) is 47.6 Å². The van der Waals surface area contributed by atoms with Crippen LogP contribution < -0.4 is 37.2 Å². The van der Waals surface area contributed by atoms with E-state index in [1.54, 1.807) is 0 Å². The third-order valence-electron chi connectivity index (χ3n) is 10.3. The van der Waals surface area contributed by atoms with Gasteiger partial charge < -0.3 is 67.9 Å². The Kier molecular flexibility index (Phi) is 34.3. The molecule has 0 aromatic rings.